The summed E-state index contributed by atoms with van der Waals surface area (Å²) in [4.78, 5) is 11.2. The molecule has 0 saturated heterocycles. The van der Waals surface area contributed by atoms with Gasteiger partial charge in [0.2, 0.25) is 5.91 Å². The molecule has 0 saturated carbocycles. The first kappa shape index (κ1) is 11.3. The Hall–Kier alpha value is -2.23. The molecule has 0 radical (unpaired) electrons. The molecule has 0 aliphatic heterocycles. The van der Waals surface area contributed by atoms with Crippen molar-refractivity contribution in [1.82, 2.24) is 0 Å². The largest absolute Gasteiger partial charge is 0.366 e. The van der Waals surface area contributed by atoms with Crippen LogP contribution in [0.4, 0.5) is 8.78 Å². The topological polar surface area (TPSA) is 43.1 Å². The first-order valence-electron chi connectivity index (χ1n) is 4.94. The molecule has 0 aliphatic rings. The quantitative estimate of drug-likeness (QED) is 0.851. The van der Waals surface area contributed by atoms with Crippen molar-refractivity contribution in [2.45, 2.75) is 0 Å². The van der Waals surface area contributed by atoms with Crippen molar-refractivity contribution in [1.29, 1.82) is 0 Å². The third kappa shape index (κ3) is 2.15. The number of carbonyl (C=O) groups is 1. The van der Waals surface area contributed by atoms with Gasteiger partial charge in [-0.15, -0.1) is 0 Å². The summed E-state index contributed by atoms with van der Waals surface area (Å²) in [5.74, 6) is -1.71. The van der Waals surface area contributed by atoms with Crippen molar-refractivity contribution in [3.05, 3.63) is 59.7 Å². The van der Waals surface area contributed by atoms with Gasteiger partial charge in [0, 0.05) is 11.1 Å². The smallest absolute Gasteiger partial charge is 0.249 e. The maximum atomic E-state index is 13.7. The Labute approximate surface area is 96.7 Å². The highest BCUT2D eigenvalue weighted by molar-refractivity contribution is 5.99. The van der Waals surface area contributed by atoms with Crippen LogP contribution in [0, 0.1) is 11.6 Å². The average Bonchev–Trinajstić information content (AvgIpc) is 2.30. The van der Waals surface area contributed by atoms with Crippen molar-refractivity contribution >= 4 is 5.91 Å². The fourth-order valence-electron chi connectivity index (χ4n) is 1.64. The van der Waals surface area contributed by atoms with E-state index >= 15 is 0 Å². The maximum absolute atomic E-state index is 13.7. The summed E-state index contributed by atoms with van der Waals surface area (Å²) in [5.41, 5.74) is 5.76. The molecule has 0 bridgehead atoms. The van der Waals surface area contributed by atoms with E-state index in [0.29, 0.717) is 5.56 Å². The molecule has 2 nitrogen and oxygen atoms in total. The molecule has 4 heteroatoms. The second-order valence-corrected chi connectivity index (χ2v) is 3.53. The minimum Gasteiger partial charge on any atom is -0.366 e. The van der Waals surface area contributed by atoms with Crippen molar-refractivity contribution in [2.75, 3.05) is 0 Å². The van der Waals surface area contributed by atoms with Gasteiger partial charge in [0.1, 0.15) is 11.6 Å². The van der Waals surface area contributed by atoms with Gasteiger partial charge in [0.15, 0.2) is 0 Å². The van der Waals surface area contributed by atoms with Crippen LogP contribution in [0.3, 0.4) is 0 Å². The number of primary amides is 1. The van der Waals surface area contributed by atoms with E-state index in [1.807, 2.05) is 0 Å². The summed E-state index contributed by atoms with van der Waals surface area (Å²) < 4.78 is 26.5. The van der Waals surface area contributed by atoms with Gasteiger partial charge in [-0.1, -0.05) is 18.2 Å². The standard InChI is InChI=1S/C13H9F2NO/c14-9-6-4-8(5-7-9)12-10(13(16)17)2-1-3-11(12)15/h1-7H,(H2,16,17). The Kier molecular flexibility index (Phi) is 2.87. The number of hydrogen-bond acceptors (Lipinski definition) is 1. The highest BCUT2D eigenvalue weighted by Crippen LogP contribution is 2.26. The molecule has 2 aromatic carbocycles. The maximum Gasteiger partial charge on any atom is 0.249 e. The number of nitrogens with two attached hydrogens (primary N) is 1. The Morgan fingerprint density at radius 3 is 2.24 bits per heavy atom. The van der Waals surface area contributed by atoms with Gasteiger partial charge in [-0.05, 0) is 29.8 Å². The van der Waals surface area contributed by atoms with Gasteiger partial charge >= 0.3 is 0 Å². The van der Waals surface area contributed by atoms with Crippen LogP contribution >= 0.6 is 0 Å². The highest BCUT2D eigenvalue weighted by Gasteiger charge is 2.14. The molecule has 86 valence electrons. The lowest BCUT2D eigenvalue weighted by Gasteiger charge is -2.08. The molecule has 2 aromatic rings. The van der Waals surface area contributed by atoms with E-state index in [0.717, 1.165) is 0 Å². The fraction of sp³-hybridized carbons (Fsp3) is 0. The van der Waals surface area contributed by atoms with Gasteiger partial charge in [-0.3, -0.25) is 4.79 Å². The van der Waals surface area contributed by atoms with E-state index < -0.39 is 17.5 Å². The summed E-state index contributed by atoms with van der Waals surface area (Å²) >= 11 is 0. The summed E-state index contributed by atoms with van der Waals surface area (Å²) in [6, 6.07) is 9.27. The van der Waals surface area contributed by atoms with Gasteiger partial charge in [0.05, 0.1) is 0 Å². The summed E-state index contributed by atoms with van der Waals surface area (Å²) in [7, 11) is 0. The number of amides is 1. The number of hydrogen-bond donors (Lipinski definition) is 1. The van der Waals surface area contributed by atoms with Crippen LogP contribution in [0.2, 0.25) is 0 Å². The van der Waals surface area contributed by atoms with Gasteiger partial charge in [-0.25, -0.2) is 8.78 Å². The number of benzene rings is 2. The molecule has 0 atom stereocenters. The third-order valence-electron chi connectivity index (χ3n) is 2.41. The van der Waals surface area contributed by atoms with Gasteiger partial charge in [-0.2, -0.15) is 0 Å². The monoisotopic (exact) mass is 233 g/mol. The van der Waals surface area contributed by atoms with E-state index in [4.69, 9.17) is 5.73 Å². The lowest BCUT2D eigenvalue weighted by molar-refractivity contribution is 0.100. The van der Waals surface area contributed by atoms with Crippen molar-refractivity contribution in [3.63, 3.8) is 0 Å². The van der Waals surface area contributed by atoms with Crippen molar-refractivity contribution < 1.29 is 13.6 Å². The van der Waals surface area contributed by atoms with Crippen LogP contribution in [0.25, 0.3) is 11.1 Å². The zero-order valence-electron chi connectivity index (χ0n) is 8.78. The molecule has 2 N–H and O–H groups in total. The fourth-order valence-corrected chi connectivity index (χ4v) is 1.64. The highest BCUT2D eigenvalue weighted by atomic mass is 19.1. The minimum absolute atomic E-state index is 0.0802. The summed E-state index contributed by atoms with van der Waals surface area (Å²) in [5, 5.41) is 0. The predicted molar refractivity (Wildman–Crippen MR) is 60.3 cm³/mol. The lowest BCUT2D eigenvalue weighted by Crippen LogP contribution is -2.13. The van der Waals surface area contributed by atoms with Crippen LogP contribution in [-0.4, -0.2) is 5.91 Å². The third-order valence-corrected chi connectivity index (χ3v) is 2.41. The Balaban J connectivity index is 2.65. The van der Waals surface area contributed by atoms with Gasteiger partial charge in [0.25, 0.3) is 0 Å². The van der Waals surface area contributed by atoms with E-state index in [1.165, 1.54) is 42.5 Å². The molecule has 1 amide bonds. The zero-order valence-corrected chi connectivity index (χ0v) is 8.78. The molecule has 0 unspecified atom stereocenters. The molecule has 0 aromatic heterocycles. The zero-order chi connectivity index (χ0) is 12.4. The molecule has 2 rings (SSSR count). The first-order valence-corrected chi connectivity index (χ1v) is 4.94. The SMILES string of the molecule is NC(=O)c1cccc(F)c1-c1ccc(F)cc1. The number of halogens is 2. The molecule has 0 spiro atoms. The average molecular weight is 233 g/mol. The van der Waals surface area contributed by atoms with Crippen LogP contribution in [0.1, 0.15) is 10.4 Å². The molecule has 0 aliphatic carbocycles. The van der Waals surface area contributed by atoms with Crippen LogP contribution in [0.5, 0.6) is 0 Å². The molecule has 17 heavy (non-hydrogen) atoms. The lowest BCUT2D eigenvalue weighted by atomic mass is 9.98. The van der Waals surface area contributed by atoms with E-state index in [1.54, 1.807) is 0 Å². The van der Waals surface area contributed by atoms with Crippen molar-refractivity contribution in [3.8, 4) is 11.1 Å². The summed E-state index contributed by atoms with van der Waals surface area (Å²) in [6.07, 6.45) is 0. The second kappa shape index (κ2) is 4.33. The Morgan fingerprint density at radius 1 is 1.00 bits per heavy atom. The first-order chi connectivity index (χ1) is 8.09. The molecular weight excluding hydrogens is 224 g/mol. The minimum atomic E-state index is -0.719. The number of carbonyl (C=O) groups excluding carboxylic acids is 1. The normalized spacial score (nSPS) is 10.2. The van der Waals surface area contributed by atoms with E-state index in [-0.39, 0.29) is 11.1 Å². The van der Waals surface area contributed by atoms with Crippen LogP contribution < -0.4 is 5.73 Å². The Bertz CT molecular complexity index is 564. The number of rotatable bonds is 2. The molecular formula is C13H9F2NO. The second-order valence-electron chi connectivity index (χ2n) is 3.53. The molecule has 0 heterocycles. The van der Waals surface area contributed by atoms with Gasteiger partial charge < -0.3 is 5.73 Å². The van der Waals surface area contributed by atoms with Crippen molar-refractivity contribution in [2.24, 2.45) is 5.73 Å². The van der Waals surface area contributed by atoms with Crippen LogP contribution in [-0.2, 0) is 0 Å². The summed E-state index contributed by atoms with van der Waals surface area (Å²) in [6.45, 7) is 0. The molecule has 0 fully saturated rings. The predicted octanol–water partition coefficient (Wildman–Crippen LogP) is 2.73. The Morgan fingerprint density at radius 2 is 1.65 bits per heavy atom. The van der Waals surface area contributed by atoms with Crippen LogP contribution in [0.15, 0.2) is 42.5 Å². The van der Waals surface area contributed by atoms with E-state index in [9.17, 15) is 13.6 Å². The van der Waals surface area contributed by atoms with E-state index in [2.05, 4.69) is 0 Å².